The van der Waals surface area contributed by atoms with Gasteiger partial charge in [0.25, 0.3) is 0 Å². The molecule has 3 atom stereocenters. The van der Waals surface area contributed by atoms with Crippen molar-refractivity contribution in [2.45, 2.75) is 44.7 Å². The highest BCUT2D eigenvalue weighted by atomic mass is 32.1. The van der Waals surface area contributed by atoms with Gasteiger partial charge in [-0.25, -0.2) is 4.98 Å². The van der Waals surface area contributed by atoms with Crippen LogP contribution in [0.4, 0.5) is 0 Å². The van der Waals surface area contributed by atoms with Crippen molar-refractivity contribution in [1.29, 1.82) is 0 Å². The molecule has 1 saturated heterocycles. The van der Waals surface area contributed by atoms with E-state index in [9.17, 15) is 4.79 Å². The minimum absolute atomic E-state index is 0.174. The average Bonchev–Trinajstić information content (AvgIpc) is 3.15. The Hall–Kier alpha value is -1.72. The zero-order valence-electron chi connectivity index (χ0n) is 12.9. The molecule has 2 unspecified atom stereocenters. The van der Waals surface area contributed by atoms with E-state index in [0.717, 1.165) is 18.5 Å². The number of hydrogen-bond acceptors (Lipinski definition) is 4. The predicted octanol–water partition coefficient (Wildman–Crippen LogP) is 2.83. The topological polar surface area (TPSA) is 68.0 Å². The van der Waals surface area contributed by atoms with E-state index in [1.165, 1.54) is 16.0 Å². The number of rotatable bonds is 4. The van der Waals surface area contributed by atoms with Gasteiger partial charge >= 0.3 is 0 Å². The fourth-order valence-electron chi connectivity index (χ4n) is 3.14. The molecule has 116 valence electrons. The summed E-state index contributed by atoms with van der Waals surface area (Å²) < 4.78 is 0. The number of nitrogens with zero attached hydrogens (tertiary/aromatic N) is 1. The summed E-state index contributed by atoms with van der Waals surface area (Å²) in [4.78, 5) is 16.8. The molecule has 0 spiro atoms. The van der Waals surface area contributed by atoms with Crippen molar-refractivity contribution < 1.29 is 4.79 Å². The second kappa shape index (κ2) is 6.18. The third-order valence-corrected chi connectivity index (χ3v) is 5.55. The van der Waals surface area contributed by atoms with Gasteiger partial charge in [-0.05, 0) is 36.8 Å². The van der Waals surface area contributed by atoms with Gasteiger partial charge in [-0.1, -0.05) is 31.2 Å². The van der Waals surface area contributed by atoms with E-state index in [1.807, 2.05) is 12.4 Å². The Labute approximate surface area is 134 Å². The highest BCUT2D eigenvalue weighted by Gasteiger charge is 2.31. The summed E-state index contributed by atoms with van der Waals surface area (Å²) in [6, 6.07) is 8.82. The number of aromatic nitrogens is 1. The molecular weight excluding hydrogens is 294 g/mol. The number of nitrogens with two attached hydrogens (primary N) is 1. The fourth-order valence-corrected chi connectivity index (χ4v) is 3.95. The molecule has 1 aliphatic heterocycles. The number of aryl methyl sites for hydroxylation is 1. The third kappa shape index (κ3) is 2.91. The van der Waals surface area contributed by atoms with E-state index in [2.05, 4.69) is 41.5 Å². The van der Waals surface area contributed by atoms with E-state index >= 15 is 0 Å². The summed E-state index contributed by atoms with van der Waals surface area (Å²) in [7, 11) is 0. The van der Waals surface area contributed by atoms with Crippen LogP contribution in [0.5, 0.6) is 0 Å². The van der Waals surface area contributed by atoms with Crippen LogP contribution in [-0.4, -0.2) is 23.0 Å². The van der Waals surface area contributed by atoms with Crippen LogP contribution in [0.3, 0.4) is 0 Å². The zero-order valence-corrected chi connectivity index (χ0v) is 13.7. The van der Waals surface area contributed by atoms with Gasteiger partial charge < -0.3 is 11.1 Å². The lowest BCUT2D eigenvalue weighted by molar-refractivity contribution is -0.119. The maximum absolute atomic E-state index is 11.3. The molecule has 5 heteroatoms. The molecule has 1 aliphatic rings. The maximum Gasteiger partial charge on any atom is 0.234 e. The van der Waals surface area contributed by atoms with Crippen molar-refractivity contribution in [3.05, 3.63) is 41.0 Å². The molecule has 0 radical (unpaired) electrons. The molecule has 3 N–H and O–H groups in total. The van der Waals surface area contributed by atoms with E-state index < -0.39 is 0 Å². The van der Waals surface area contributed by atoms with Crippen LogP contribution in [0.1, 0.15) is 36.9 Å². The van der Waals surface area contributed by atoms with Crippen LogP contribution in [0, 0.1) is 6.92 Å². The first-order valence-corrected chi connectivity index (χ1v) is 8.50. The van der Waals surface area contributed by atoms with E-state index in [1.54, 1.807) is 11.3 Å². The van der Waals surface area contributed by atoms with Crippen LogP contribution in [0.15, 0.2) is 29.8 Å². The largest absolute Gasteiger partial charge is 0.368 e. The first-order valence-electron chi connectivity index (χ1n) is 7.62. The number of amides is 1. The minimum Gasteiger partial charge on any atom is -0.368 e. The molecule has 1 fully saturated rings. The monoisotopic (exact) mass is 315 g/mol. The molecule has 0 bridgehead atoms. The Morgan fingerprint density at radius 2 is 2.09 bits per heavy atom. The van der Waals surface area contributed by atoms with Gasteiger partial charge in [0, 0.05) is 6.04 Å². The van der Waals surface area contributed by atoms with Crippen molar-refractivity contribution in [2.75, 3.05) is 0 Å². The van der Waals surface area contributed by atoms with Gasteiger partial charge in [-0.2, -0.15) is 0 Å². The lowest BCUT2D eigenvalue weighted by atomic mass is 9.91. The second-order valence-corrected chi connectivity index (χ2v) is 6.84. The second-order valence-electron chi connectivity index (χ2n) is 5.98. The Morgan fingerprint density at radius 3 is 2.64 bits per heavy atom. The van der Waals surface area contributed by atoms with Crippen LogP contribution in [-0.2, 0) is 4.79 Å². The van der Waals surface area contributed by atoms with Gasteiger partial charge in [0.05, 0.1) is 22.1 Å². The number of hydrogen-bond donors (Lipinski definition) is 2. The quantitative estimate of drug-likeness (QED) is 0.911. The molecular formula is C17H21N3OS. The van der Waals surface area contributed by atoms with Gasteiger partial charge in [-0.3, -0.25) is 4.79 Å². The number of carbonyl (C=O) groups is 1. The summed E-state index contributed by atoms with van der Waals surface area (Å²) in [6.45, 7) is 4.24. The lowest BCUT2D eigenvalue weighted by Crippen LogP contribution is -2.41. The molecule has 3 rings (SSSR count). The van der Waals surface area contributed by atoms with Crippen molar-refractivity contribution in [3.63, 3.8) is 0 Å². The average molecular weight is 315 g/mol. The summed E-state index contributed by atoms with van der Waals surface area (Å²) >= 11 is 1.67. The van der Waals surface area contributed by atoms with Crippen molar-refractivity contribution in [2.24, 2.45) is 5.73 Å². The molecule has 2 heterocycles. The number of carbonyl (C=O) groups excluding carboxylic acids is 1. The van der Waals surface area contributed by atoms with Crippen LogP contribution in [0.2, 0.25) is 0 Å². The summed E-state index contributed by atoms with van der Waals surface area (Å²) in [5.74, 6) is 0.117. The van der Waals surface area contributed by atoms with Gasteiger partial charge in [0.1, 0.15) is 0 Å². The minimum atomic E-state index is -0.245. The molecule has 1 aromatic heterocycles. The van der Waals surface area contributed by atoms with Crippen molar-refractivity contribution >= 4 is 17.2 Å². The fraction of sp³-hybridized carbons (Fsp3) is 0.412. The molecule has 0 aliphatic carbocycles. The predicted molar refractivity (Wildman–Crippen MR) is 89.8 cm³/mol. The normalized spacial score (nSPS) is 22.6. The number of nitrogens with one attached hydrogen (secondary N) is 1. The molecule has 22 heavy (non-hydrogen) atoms. The smallest absolute Gasteiger partial charge is 0.234 e. The van der Waals surface area contributed by atoms with Gasteiger partial charge in [-0.15, -0.1) is 11.3 Å². The first-order chi connectivity index (χ1) is 10.6. The Morgan fingerprint density at radius 1 is 1.36 bits per heavy atom. The molecule has 4 nitrogen and oxygen atoms in total. The van der Waals surface area contributed by atoms with Crippen molar-refractivity contribution in [3.8, 4) is 10.4 Å². The summed E-state index contributed by atoms with van der Waals surface area (Å²) in [5.41, 5.74) is 10.8. The molecule has 2 aromatic rings. The Bertz CT molecular complexity index is 665. The van der Waals surface area contributed by atoms with Crippen LogP contribution in [0.25, 0.3) is 10.4 Å². The number of thiazole rings is 1. The maximum atomic E-state index is 11.3. The van der Waals surface area contributed by atoms with Crippen LogP contribution >= 0.6 is 11.3 Å². The Balaban J connectivity index is 1.73. The van der Waals surface area contributed by atoms with Crippen LogP contribution < -0.4 is 11.1 Å². The zero-order chi connectivity index (χ0) is 15.7. The lowest BCUT2D eigenvalue weighted by Gasteiger charge is -2.21. The van der Waals surface area contributed by atoms with E-state index in [-0.39, 0.29) is 11.9 Å². The number of benzene rings is 1. The SMILES string of the molecule is Cc1ncsc1-c1ccc([C@H](C)C2CCC(C(N)=O)N2)cc1. The first kappa shape index (κ1) is 15.2. The summed E-state index contributed by atoms with van der Waals surface area (Å²) in [5, 5.41) is 3.36. The van der Waals surface area contributed by atoms with Crippen molar-refractivity contribution in [1.82, 2.24) is 10.3 Å². The van der Waals surface area contributed by atoms with E-state index in [0.29, 0.717) is 12.0 Å². The summed E-state index contributed by atoms with van der Waals surface area (Å²) in [6.07, 6.45) is 1.83. The highest BCUT2D eigenvalue weighted by Crippen LogP contribution is 2.31. The number of primary amides is 1. The Kier molecular flexibility index (Phi) is 4.27. The molecule has 1 amide bonds. The van der Waals surface area contributed by atoms with E-state index in [4.69, 9.17) is 5.73 Å². The van der Waals surface area contributed by atoms with Gasteiger partial charge in [0.2, 0.25) is 5.91 Å². The highest BCUT2D eigenvalue weighted by molar-refractivity contribution is 7.13. The van der Waals surface area contributed by atoms with Gasteiger partial charge in [0.15, 0.2) is 0 Å². The third-order valence-electron chi connectivity index (χ3n) is 4.57. The molecule has 1 aromatic carbocycles. The standard InChI is InChI=1S/C17H21N3OS/c1-10(14-7-8-15(20-14)17(18)21)12-3-5-13(6-4-12)16-11(2)19-9-22-16/h3-6,9-10,14-15,20H,7-8H2,1-2H3,(H2,18,21)/t10-,14?,15?/m0/s1. The molecule has 0 saturated carbocycles.